The van der Waals surface area contributed by atoms with Gasteiger partial charge >= 0.3 is 5.97 Å². The maximum absolute atomic E-state index is 11.2. The van der Waals surface area contributed by atoms with Crippen LogP contribution in [0.4, 0.5) is 0 Å². The number of aliphatic hydroxyl groups is 4. The topological polar surface area (TPSA) is 139 Å². The molecule has 0 amide bonds. The molecule has 0 aromatic heterocycles. The van der Waals surface area contributed by atoms with E-state index in [4.69, 9.17) is 9.84 Å². The van der Waals surface area contributed by atoms with Crippen LogP contribution in [0.2, 0.25) is 0 Å². The standard InChI is InChI=1S/C12H21NO7S/c1-2-3-21-5-7(11(18)19)13-12(6-15)10(17)9(16)8(4-14)20-12/h2,7-10,13-17H,1,3-6H2,(H,18,19)/t7-,8+,9+,10-,12?/m0/s1. The summed E-state index contributed by atoms with van der Waals surface area (Å²) in [5.74, 6) is -0.487. The lowest BCUT2D eigenvalue weighted by atomic mass is 10.0. The molecule has 122 valence electrons. The van der Waals surface area contributed by atoms with Crippen molar-refractivity contribution in [1.82, 2.24) is 5.32 Å². The van der Waals surface area contributed by atoms with Crippen molar-refractivity contribution in [2.75, 3.05) is 24.7 Å². The van der Waals surface area contributed by atoms with Crippen LogP contribution in [0.25, 0.3) is 0 Å². The highest BCUT2D eigenvalue weighted by atomic mass is 32.2. The van der Waals surface area contributed by atoms with Crippen LogP contribution < -0.4 is 5.32 Å². The normalized spacial score (nSPS) is 33.8. The van der Waals surface area contributed by atoms with Gasteiger partial charge in [0.1, 0.15) is 24.4 Å². The van der Waals surface area contributed by atoms with E-state index in [9.17, 15) is 25.2 Å². The molecule has 8 nitrogen and oxygen atoms in total. The third kappa shape index (κ3) is 4.16. The zero-order valence-corrected chi connectivity index (χ0v) is 12.2. The lowest BCUT2D eigenvalue weighted by Crippen LogP contribution is -2.62. The zero-order valence-electron chi connectivity index (χ0n) is 11.4. The Balaban J connectivity index is 2.82. The maximum Gasteiger partial charge on any atom is 0.321 e. The first-order chi connectivity index (χ1) is 9.91. The van der Waals surface area contributed by atoms with Crippen LogP contribution in [0.3, 0.4) is 0 Å². The van der Waals surface area contributed by atoms with Crippen molar-refractivity contribution in [3.8, 4) is 0 Å². The minimum Gasteiger partial charge on any atom is -0.480 e. The summed E-state index contributed by atoms with van der Waals surface area (Å²) in [5, 5.41) is 50.0. The SMILES string of the molecule is C=CCSC[C@H](NC1(CO)O[C@H](CO)[C@@H](O)[C@@H]1O)C(=O)O. The number of carboxylic acids is 1. The van der Waals surface area contributed by atoms with E-state index in [1.165, 1.54) is 11.8 Å². The average Bonchev–Trinajstić information content (AvgIpc) is 2.71. The second kappa shape index (κ2) is 8.08. The van der Waals surface area contributed by atoms with Gasteiger partial charge in [-0.05, 0) is 0 Å². The molecule has 1 heterocycles. The first-order valence-corrected chi connectivity index (χ1v) is 7.52. The van der Waals surface area contributed by atoms with Gasteiger partial charge in [-0.15, -0.1) is 6.58 Å². The number of aliphatic carboxylic acids is 1. The molecule has 21 heavy (non-hydrogen) atoms. The van der Waals surface area contributed by atoms with Crippen LogP contribution in [0, 0.1) is 0 Å². The van der Waals surface area contributed by atoms with Gasteiger partial charge in [0.15, 0.2) is 5.72 Å². The molecule has 1 fully saturated rings. The van der Waals surface area contributed by atoms with Crippen molar-refractivity contribution in [2.24, 2.45) is 0 Å². The number of carboxylic acid groups (broad SMARTS) is 1. The first-order valence-electron chi connectivity index (χ1n) is 6.36. The van der Waals surface area contributed by atoms with Gasteiger partial charge < -0.3 is 30.3 Å². The summed E-state index contributed by atoms with van der Waals surface area (Å²) < 4.78 is 5.26. The molecule has 0 aromatic carbocycles. The minimum atomic E-state index is -1.83. The molecule has 0 aliphatic carbocycles. The van der Waals surface area contributed by atoms with Crippen LogP contribution in [-0.2, 0) is 9.53 Å². The molecule has 1 aliphatic heterocycles. The molecular weight excluding hydrogens is 302 g/mol. The molecule has 1 unspecified atom stereocenters. The van der Waals surface area contributed by atoms with E-state index in [0.717, 1.165) is 0 Å². The lowest BCUT2D eigenvalue weighted by molar-refractivity contribution is -0.157. The predicted octanol–water partition coefficient (Wildman–Crippen LogP) is -2.25. The maximum atomic E-state index is 11.2. The van der Waals surface area contributed by atoms with Crippen LogP contribution in [-0.4, -0.2) is 86.3 Å². The molecule has 5 atom stereocenters. The molecule has 0 spiro atoms. The van der Waals surface area contributed by atoms with Crippen LogP contribution in [0.5, 0.6) is 0 Å². The summed E-state index contributed by atoms with van der Waals surface area (Å²) in [4.78, 5) is 11.2. The summed E-state index contributed by atoms with van der Waals surface area (Å²) in [6, 6.07) is -1.11. The van der Waals surface area contributed by atoms with Crippen molar-refractivity contribution in [3.63, 3.8) is 0 Å². The van der Waals surface area contributed by atoms with E-state index in [1.54, 1.807) is 6.08 Å². The molecule has 1 aliphatic rings. The highest BCUT2D eigenvalue weighted by Crippen LogP contribution is 2.29. The second-order valence-electron chi connectivity index (χ2n) is 4.68. The van der Waals surface area contributed by atoms with Crippen LogP contribution >= 0.6 is 11.8 Å². The van der Waals surface area contributed by atoms with E-state index in [0.29, 0.717) is 5.75 Å². The van der Waals surface area contributed by atoms with E-state index >= 15 is 0 Å². The van der Waals surface area contributed by atoms with Crippen molar-refractivity contribution < 1.29 is 35.1 Å². The molecule has 1 rings (SSSR count). The van der Waals surface area contributed by atoms with Gasteiger partial charge in [0.25, 0.3) is 0 Å². The van der Waals surface area contributed by atoms with Gasteiger partial charge in [0.2, 0.25) is 0 Å². The fourth-order valence-electron chi connectivity index (χ4n) is 2.07. The van der Waals surface area contributed by atoms with Gasteiger partial charge in [-0.3, -0.25) is 10.1 Å². The highest BCUT2D eigenvalue weighted by Gasteiger charge is 2.55. The largest absolute Gasteiger partial charge is 0.480 e. The Morgan fingerprint density at radius 1 is 1.48 bits per heavy atom. The Morgan fingerprint density at radius 3 is 2.57 bits per heavy atom. The fourth-order valence-corrected chi connectivity index (χ4v) is 2.83. The molecule has 9 heteroatoms. The number of hydrogen-bond acceptors (Lipinski definition) is 8. The molecule has 0 aromatic rings. The first kappa shape index (κ1) is 18.4. The third-order valence-corrected chi connectivity index (χ3v) is 4.24. The fraction of sp³-hybridized carbons (Fsp3) is 0.750. The monoisotopic (exact) mass is 323 g/mol. The van der Waals surface area contributed by atoms with Crippen molar-refractivity contribution in [2.45, 2.75) is 30.1 Å². The Kier molecular flexibility index (Phi) is 7.07. The summed E-state index contributed by atoms with van der Waals surface area (Å²) in [7, 11) is 0. The van der Waals surface area contributed by atoms with E-state index in [1.807, 2.05) is 0 Å². The zero-order chi connectivity index (χ0) is 16.0. The molecule has 0 saturated carbocycles. The summed E-state index contributed by atoms with van der Waals surface area (Å²) in [5.41, 5.74) is -1.83. The Bertz CT molecular complexity index is 370. The lowest BCUT2D eigenvalue weighted by Gasteiger charge is -2.33. The average molecular weight is 323 g/mol. The van der Waals surface area contributed by atoms with Crippen molar-refractivity contribution >= 4 is 17.7 Å². The molecule has 0 radical (unpaired) electrons. The minimum absolute atomic E-state index is 0.152. The number of hydrogen-bond donors (Lipinski definition) is 6. The Labute approximate surface area is 126 Å². The second-order valence-corrected chi connectivity index (χ2v) is 5.76. The van der Waals surface area contributed by atoms with Crippen molar-refractivity contribution in [3.05, 3.63) is 12.7 Å². The quantitative estimate of drug-likeness (QED) is 0.205. The number of rotatable bonds is 9. The molecule has 0 bridgehead atoms. The van der Waals surface area contributed by atoms with Crippen molar-refractivity contribution in [1.29, 1.82) is 0 Å². The number of thioether (sulfide) groups is 1. The van der Waals surface area contributed by atoms with Gasteiger partial charge in [0.05, 0.1) is 13.2 Å². The number of carbonyl (C=O) groups is 1. The van der Waals surface area contributed by atoms with Crippen LogP contribution in [0.1, 0.15) is 0 Å². The number of aliphatic hydroxyl groups excluding tert-OH is 4. The summed E-state index contributed by atoms with van der Waals surface area (Å²) in [6.45, 7) is 2.21. The molecule has 1 saturated heterocycles. The predicted molar refractivity (Wildman–Crippen MR) is 75.9 cm³/mol. The Hall–Kier alpha value is -0.680. The third-order valence-electron chi connectivity index (χ3n) is 3.20. The summed E-state index contributed by atoms with van der Waals surface area (Å²) in [6.07, 6.45) is -2.47. The number of ether oxygens (including phenoxy) is 1. The van der Waals surface area contributed by atoms with E-state index < -0.39 is 49.3 Å². The van der Waals surface area contributed by atoms with E-state index in [2.05, 4.69) is 11.9 Å². The molecular formula is C12H21NO7S. The van der Waals surface area contributed by atoms with Gasteiger partial charge in [-0.2, -0.15) is 11.8 Å². The summed E-state index contributed by atoms with van der Waals surface area (Å²) >= 11 is 1.30. The molecule has 6 N–H and O–H groups in total. The van der Waals surface area contributed by atoms with Gasteiger partial charge in [-0.25, -0.2) is 0 Å². The van der Waals surface area contributed by atoms with Gasteiger partial charge in [-0.1, -0.05) is 6.08 Å². The number of nitrogens with one attached hydrogen (secondary N) is 1. The van der Waals surface area contributed by atoms with Crippen LogP contribution in [0.15, 0.2) is 12.7 Å². The smallest absolute Gasteiger partial charge is 0.321 e. The highest BCUT2D eigenvalue weighted by molar-refractivity contribution is 7.99. The van der Waals surface area contributed by atoms with Gasteiger partial charge in [0, 0.05) is 11.5 Å². The van der Waals surface area contributed by atoms with E-state index in [-0.39, 0.29) is 5.75 Å². The Morgan fingerprint density at radius 2 is 2.14 bits per heavy atom.